The van der Waals surface area contributed by atoms with Crippen molar-refractivity contribution >= 4 is 46.9 Å². The Labute approximate surface area is 439 Å². The van der Waals surface area contributed by atoms with E-state index in [0.717, 1.165) is 60.2 Å². The number of methoxy groups -OCH3 is 2. The maximum Gasteiger partial charge on any atom is 0.418 e. The minimum absolute atomic E-state index is 0.103. The van der Waals surface area contributed by atoms with E-state index in [1.54, 1.807) is 35.8 Å². The third kappa shape index (κ3) is 10.2. The molecule has 77 heavy (non-hydrogen) atoms. The standard InChI is InChI=1S/C22H20F3NO3.C21H19F3N2O3.C15H17NO3/c1-29-19(27)15-6-4-5-14-9-10-21(13-16(14)15)11-12-26(20(21)28)18-8-3-2-7-17(18)22(23,24)25;22-21(23,24)16-6-1-2-7-17(16)26-11-10-20(19(26)28)9-8-13-4-3-5-14(15(13)12-20)18(27)25-29;1-19-13(17)11-4-2-3-10-5-6-15(9-12(10)11)7-8-16-14(15)18/h2-8H,9-13H2,1H3;1-7,29H,8-12H2,(H,25,27);2-4H,5-9H2,1H3,(H,16,18). The SMILES string of the molecule is COC(=O)c1cccc2c1CC1(CC2)CCN(c2ccccc2C(F)(F)F)C1=O.COC(=O)c1cccc2c1CC1(CCNC1=O)CC2.O=C(NO)c1cccc2c1CC1(CC2)CCN(c2ccccc2C(F)(F)F)C1=O. The highest BCUT2D eigenvalue weighted by molar-refractivity contribution is 6.03. The lowest BCUT2D eigenvalue weighted by Crippen LogP contribution is -2.40. The molecule has 3 atom stereocenters. The second kappa shape index (κ2) is 21.1. The molecule has 0 aromatic heterocycles. The van der Waals surface area contributed by atoms with E-state index in [4.69, 9.17) is 14.7 Å². The van der Waals surface area contributed by atoms with E-state index in [-0.39, 0.29) is 65.6 Å². The summed E-state index contributed by atoms with van der Waals surface area (Å²) in [5.41, 5.74) is 4.62. The number of hydroxylamine groups is 1. The molecule has 0 bridgehead atoms. The van der Waals surface area contributed by atoms with Crippen molar-refractivity contribution in [3.63, 3.8) is 0 Å². The fourth-order valence-corrected chi connectivity index (χ4v) is 12.4. The minimum Gasteiger partial charge on any atom is -0.465 e. The number of anilines is 2. The topological polar surface area (TPSA) is 172 Å². The molecule has 3 saturated heterocycles. The van der Waals surface area contributed by atoms with Gasteiger partial charge in [0.25, 0.3) is 5.91 Å². The molecule has 6 aliphatic rings. The average molecular weight is 1070 g/mol. The fourth-order valence-electron chi connectivity index (χ4n) is 12.4. The Bertz CT molecular complexity index is 3020. The fraction of sp³-hybridized carbons (Fsp3) is 0.379. The van der Waals surface area contributed by atoms with Gasteiger partial charge in [0, 0.05) is 25.2 Å². The summed E-state index contributed by atoms with van der Waals surface area (Å²) in [7, 11) is 2.69. The van der Waals surface area contributed by atoms with Crippen molar-refractivity contribution < 1.29 is 69.8 Å². The van der Waals surface area contributed by atoms with Crippen LogP contribution in [0.4, 0.5) is 37.7 Å². The zero-order valence-corrected chi connectivity index (χ0v) is 42.3. The quantitative estimate of drug-likeness (QED) is 0.0671. The number of aryl methyl sites for hydroxylation is 3. The minimum atomic E-state index is -4.56. The number of esters is 2. The van der Waals surface area contributed by atoms with Gasteiger partial charge in [-0.15, -0.1) is 0 Å². The first kappa shape index (κ1) is 54.3. The number of carbonyl (C=O) groups excluding carboxylic acids is 6. The van der Waals surface area contributed by atoms with Crippen molar-refractivity contribution in [3.8, 4) is 0 Å². The number of amides is 4. The molecule has 3 N–H and O–H groups in total. The van der Waals surface area contributed by atoms with Gasteiger partial charge in [-0.05, 0) is 153 Å². The maximum absolute atomic E-state index is 13.5. The number of nitrogens with one attached hydrogen (secondary N) is 2. The largest absolute Gasteiger partial charge is 0.465 e. The lowest BCUT2D eigenvalue weighted by atomic mass is 9.69. The Kier molecular flexibility index (Phi) is 14.9. The third-order valence-electron chi connectivity index (χ3n) is 16.5. The second-order valence-corrected chi connectivity index (χ2v) is 20.6. The first-order valence-corrected chi connectivity index (χ1v) is 25.4. The Morgan fingerprint density at radius 1 is 0.532 bits per heavy atom. The number of para-hydroxylation sites is 2. The molecule has 3 aliphatic heterocycles. The highest BCUT2D eigenvalue weighted by Crippen LogP contribution is 2.50. The molecular weight excluding hydrogens is 1010 g/mol. The monoisotopic (exact) mass is 1070 g/mol. The summed E-state index contributed by atoms with van der Waals surface area (Å²) in [6, 6.07) is 26.5. The summed E-state index contributed by atoms with van der Waals surface area (Å²) in [6.45, 7) is 1.16. The van der Waals surface area contributed by atoms with Gasteiger partial charge in [0.05, 0.1) is 64.1 Å². The summed E-state index contributed by atoms with van der Waals surface area (Å²) >= 11 is 0. The van der Waals surface area contributed by atoms with Crippen LogP contribution in [0.25, 0.3) is 0 Å². The predicted octanol–water partition coefficient (Wildman–Crippen LogP) is 9.61. The van der Waals surface area contributed by atoms with Crippen molar-refractivity contribution in [2.45, 2.75) is 89.4 Å². The summed E-state index contributed by atoms with van der Waals surface area (Å²) < 4.78 is 90.4. The number of nitrogens with zero attached hydrogens (tertiary/aromatic N) is 2. The molecule has 3 aliphatic carbocycles. The van der Waals surface area contributed by atoms with E-state index in [1.807, 2.05) is 24.3 Å². The Balaban J connectivity index is 0.000000144. The van der Waals surface area contributed by atoms with Crippen LogP contribution in [-0.2, 0) is 74.7 Å². The van der Waals surface area contributed by atoms with Crippen molar-refractivity contribution in [1.29, 1.82) is 0 Å². The molecule has 5 aromatic rings. The van der Waals surface area contributed by atoms with Crippen LogP contribution in [0.15, 0.2) is 103 Å². The van der Waals surface area contributed by atoms with Gasteiger partial charge in [-0.25, -0.2) is 15.1 Å². The van der Waals surface area contributed by atoms with Crippen LogP contribution in [0.1, 0.15) is 114 Å². The van der Waals surface area contributed by atoms with Crippen molar-refractivity contribution in [2.75, 3.05) is 43.7 Å². The van der Waals surface area contributed by atoms with E-state index in [0.29, 0.717) is 68.1 Å². The molecule has 0 radical (unpaired) electrons. The summed E-state index contributed by atoms with van der Waals surface area (Å²) in [6.07, 6.45) is -2.21. The third-order valence-corrected chi connectivity index (χ3v) is 16.5. The number of ether oxygens (including phenoxy) is 2. The van der Waals surface area contributed by atoms with Gasteiger partial charge in [-0.3, -0.25) is 24.4 Å². The van der Waals surface area contributed by atoms with E-state index < -0.39 is 46.2 Å². The number of hydrogen-bond acceptors (Lipinski definition) is 9. The zero-order valence-electron chi connectivity index (χ0n) is 42.3. The Morgan fingerprint density at radius 3 is 1.31 bits per heavy atom. The number of hydrogen-bond donors (Lipinski definition) is 3. The van der Waals surface area contributed by atoms with Gasteiger partial charge in [-0.2, -0.15) is 26.3 Å². The van der Waals surface area contributed by atoms with Gasteiger partial charge in [0.15, 0.2) is 0 Å². The first-order chi connectivity index (χ1) is 36.7. The van der Waals surface area contributed by atoms with Crippen molar-refractivity contribution in [1.82, 2.24) is 10.8 Å². The summed E-state index contributed by atoms with van der Waals surface area (Å²) in [5, 5.41) is 11.9. The Morgan fingerprint density at radius 2 is 0.922 bits per heavy atom. The maximum atomic E-state index is 13.5. The highest BCUT2D eigenvalue weighted by Gasteiger charge is 2.53. The van der Waals surface area contributed by atoms with Gasteiger partial charge < -0.3 is 24.6 Å². The number of fused-ring (bicyclic) bond motifs is 3. The zero-order chi connectivity index (χ0) is 55.1. The molecule has 19 heteroatoms. The molecule has 5 aromatic carbocycles. The van der Waals surface area contributed by atoms with Crippen LogP contribution in [0, 0.1) is 16.2 Å². The highest BCUT2D eigenvalue weighted by atomic mass is 19.4. The second-order valence-electron chi connectivity index (χ2n) is 20.6. The summed E-state index contributed by atoms with van der Waals surface area (Å²) in [4.78, 5) is 77.3. The van der Waals surface area contributed by atoms with Gasteiger partial charge in [0.2, 0.25) is 17.7 Å². The molecule has 3 fully saturated rings. The lowest BCUT2D eigenvalue weighted by Gasteiger charge is -2.34. The number of carbonyl (C=O) groups is 6. The lowest BCUT2D eigenvalue weighted by molar-refractivity contribution is -0.138. The number of halogens is 6. The molecule has 13 nitrogen and oxygen atoms in total. The predicted molar refractivity (Wildman–Crippen MR) is 269 cm³/mol. The van der Waals surface area contributed by atoms with Crippen LogP contribution in [0.2, 0.25) is 0 Å². The van der Waals surface area contributed by atoms with E-state index in [1.165, 1.54) is 66.0 Å². The Hall–Kier alpha value is -7.54. The first-order valence-electron chi connectivity index (χ1n) is 25.4. The van der Waals surface area contributed by atoms with Crippen LogP contribution in [0.3, 0.4) is 0 Å². The molecule has 3 unspecified atom stereocenters. The van der Waals surface area contributed by atoms with E-state index in [9.17, 15) is 55.1 Å². The van der Waals surface area contributed by atoms with E-state index >= 15 is 0 Å². The number of rotatable bonds is 5. The van der Waals surface area contributed by atoms with E-state index in [2.05, 4.69) is 5.32 Å². The van der Waals surface area contributed by atoms with Gasteiger partial charge >= 0.3 is 24.3 Å². The smallest absolute Gasteiger partial charge is 0.418 e. The summed E-state index contributed by atoms with van der Waals surface area (Å²) in [5.74, 6) is -1.96. The molecule has 11 rings (SSSR count). The normalized spacial score (nSPS) is 22.3. The number of alkyl halides is 6. The number of benzene rings is 5. The van der Waals surface area contributed by atoms with Gasteiger partial charge in [0.1, 0.15) is 0 Å². The molecule has 3 heterocycles. The van der Waals surface area contributed by atoms with Crippen molar-refractivity contribution in [2.24, 2.45) is 16.2 Å². The molecular formula is C58H56F6N4O9. The molecule has 3 spiro atoms. The molecule has 404 valence electrons. The van der Waals surface area contributed by atoms with Crippen molar-refractivity contribution in [3.05, 3.63) is 164 Å². The molecule has 4 amide bonds. The van der Waals surface area contributed by atoms with Gasteiger partial charge in [-0.1, -0.05) is 60.7 Å². The molecule has 0 saturated carbocycles. The van der Waals surface area contributed by atoms with Crippen LogP contribution in [0.5, 0.6) is 0 Å². The van der Waals surface area contributed by atoms with Crippen LogP contribution in [-0.4, -0.2) is 74.6 Å². The van der Waals surface area contributed by atoms with Crippen LogP contribution < -0.4 is 20.6 Å². The van der Waals surface area contributed by atoms with Crippen LogP contribution >= 0.6 is 0 Å². The average Bonchev–Trinajstić information content (AvgIpc) is 4.14.